The minimum absolute atomic E-state index is 0.398. The first-order valence-corrected chi connectivity index (χ1v) is 6.86. The fourth-order valence-corrected chi connectivity index (χ4v) is 2.26. The number of hydrogen-bond donors (Lipinski definition) is 0. The quantitative estimate of drug-likeness (QED) is 0.779. The molecule has 0 aliphatic rings. The Hall–Kier alpha value is -1.55. The van der Waals surface area contributed by atoms with Crippen molar-refractivity contribution >= 4 is 9.73 Å². The largest absolute Gasteiger partial charge is 0.433 e. The fourth-order valence-electron chi connectivity index (χ4n) is 1.25. The Labute approximate surface area is 104 Å². The summed E-state index contributed by atoms with van der Waals surface area (Å²) < 4.78 is 52.5. The molecule has 7 heteroatoms. The molecule has 0 bridgehead atoms. The molecule has 0 spiro atoms. The Morgan fingerprint density at radius 2 is 2.11 bits per heavy atom. The Balaban J connectivity index is 3.12. The predicted octanol–water partition coefficient (Wildman–Crippen LogP) is 2.85. The minimum atomic E-state index is -4.49. The maximum atomic E-state index is 12.3. The molecule has 0 amide bonds. The summed E-state index contributed by atoms with van der Waals surface area (Å²) in [6.45, 7) is 1.58. The van der Waals surface area contributed by atoms with Gasteiger partial charge in [-0.3, -0.25) is 4.98 Å². The summed E-state index contributed by atoms with van der Waals surface area (Å²) >= 11 is 0. The third kappa shape index (κ3) is 3.23. The molecule has 98 valence electrons. The van der Waals surface area contributed by atoms with Gasteiger partial charge in [0.2, 0.25) is 0 Å². The van der Waals surface area contributed by atoms with Crippen molar-refractivity contribution in [3.8, 4) is 12.5 Å². The molecule has 1 aromatic rings. The molecule has 0 fully saturated rings. The van der Waals surface area contributed by atoms with E-state index in [0.29, 0.717) is 5.56 Å². The van der Waals surface area contributed by atoms with Crippen LogP contribution in [0, 0.1) is 12.5 Å². The Kier molecular flexibility index (Phi) is 4.02. The van der Waals surface area contributed by atoms with Crippen LogP contribution < -0.4 is 0 Å². The number of pyridine rings is 1. The summed E-state index contributed by atoms with van der Waals surface area (Å²) in [6.07, 6.45) is 2.86. The zero-order valence-electron chi connectivity index (χ0n) is 9.73. The van der Waals surface area contributed by atoms with Crippen LogP contribution in [-0.2, 0) is 15.9 Å². The maximum Gasteiger partial charge on any atom is 0.433 e. The molecule has 0 N–H and O–H groups in total. The molecule has 2 unspecified atom stereocenters. The second kappa shape index (κ2) is 4.98. The molecule has 2 atom stereocenters. The zero-order chi connectivity index (χ0) is 14.0. The van der Waals surface area contributed by atoms with Gasteiger partial charge in [-0.2, -0.15) is 13.2 Å². The van der Waals surface area contributed by atoms with E-state index in [4.69, 9.17) is 6.42 Å². The molecule has 0 aliphatic heterocycles. The van der Waals surface area contributed by atoms with Crippen LogP contribution in [0.1, 0.15) is 23.4 Å². The molecule has 18 heavy (non-hydrogen) atoms. The Bertz CT molecular complexity index is 578. The SMILES string of the molecule is C#CN=S(C)(=O)C(C)c1ccc(C(F)(F)F)nc1. The lowest BCUT2D eigenvalue weighted by Crippen LogP contribution is -2.11. The van der Waals surface area contributed by atoms with Gasteiger partial charge in [0.05, 0.1) is 15.0 Å². The van der Waals surface area contributed by atoms with Crippen molar-refractivity contribution in [1.29, 1.82) is 0 Å². The monoisotopic (exact) mass is 276 g/mol. The van der Waals surface area contributed by atoms with E-state index >= 15 is 0 Å². The van der Waals surface area contributed by atoms with Crippen LogP contribution in [0.25, 0.3) is 0 Å². The first-order chi connectivity index (χ1) is 8.18. The highest BCUT2D eigenvalue weighted by Gasteiger charge is 2.32. The summed E-state index contributed by atoms with van der Waals surface area (Å²) in [4.78, 5) is 3.30. The molecule has 0 radical (unpaired) electrons. The molecule has 0 aliphatic carbocycles. The maximum absolute atomic E-state index is 12.3. The van der Waals surface area contributed by atoms with E-state index in [1.54, 1.807) is 6.92 Å². The van der Waals surface area contributed by atoms with E-state index in [2.05, 4.69) is 9.35 Å². The summed E-state index contributed by atoms with van der Waals surface area (Å²) in [6, 6.07) is 4.02. The number of halogens is 3. The van der Waals surface area contributed by atoms with Crippen molar-refractivity contribution in [2.75, 3.05) is 6.26 Å². The molecule has 3 nitrogen and oxygen atoms in total. The van der Waals surface area contributed by atoms with Gasteiger partial charge in [-0.05, 0) is 18.6 Å². The molecule has 0 saturated carbocycles. The van der Waals surface area contributed by atoms with Crippen molar-refractivity contribution in [1.82, 2.24) is 4.98 Å². The van der Waals surface area contributed by atoms with Gasteiger partial charge in [0.25, 0.3) is 0 Å². The lowest BCUT2D eigenvalue weighted by Gasteiger charge is -2.13. The standard InChI is InChI=1S/C11H11F3N2OS/c1-4-16-18(3,17)8(2)9-5-6-10(15-7-9)11(12,13)14/h1,5-8H,2-3H3. The average molecular weight is 276 g/mol. The first kappa shape index (κ1) is 14.5. The summed E-state index contributed by atoms with van der Waals surface area (Å²) in [5.74, 6) is 0. The van der Waals surface area contributed by atoms with E-state index in [9.17, 15) is 17.4 Å². The van der Waals surface area contributed by atoms with Crippen LogP contribution in [0.2, 0.25) is 0 Å². The number of hydrogen-bond acceptors (Lipinski definition) is 3. The van der Waals surface area contributed by atoms with Gasteiger partial charge in [-0.1, -0.05) is 12.5 Å². The van der Waals surface area contributed by atoms with E-state index in [0.717, 1.165) is 12.3 Å². The second-order valence-electron chi connectivity index (χ2n) is 3.70. The molecule has 1 aromatic heterocycles. The summed E-state index contributed by atoms with van der Waals surface area (Å²) in [7, 11) is -2.69. The van der Waals surface area contributed by atoms with Gasteiger partial charge in [-0.15, -0.1) is 4.36 Å². The molecule has 1 rings (SSSR count). The normalized spacial score (nSPS) is 16.4. The van der Waals surface area contributed by atoms with Gasteiger partial charge >= 0.3 is 6.18 Å². The molecule has 1 heterocycles. The summed E-state index contributed by atoms with van der Waals surface area (Å²) in [5, 5.41) is -0.594. The smallest absolute Gasteiger partial charge is 0.251 e. The third-order valence-corrected chi connectivity index (χ3v) is 4.49. The molecule has 0 saturated heterocycles. The minimum Gasteiger partial charge on any atom is -0.251 e. The highest BCUT2D eigenvalue weighted by molar-refractivity contribution is 7.93. The highest BCUT2D eigenvalue weighted by Crippen LogP contribution is 2.29. The predicted molar refractivity (Wildman–Crippen MR) is 63.0 cm³/mol. The third-order valence-electron chi connectivity index (χ3n) is 2.44. The van der Waals surface area contributed by atoms with Crippen LogP contribution in [0.4, 0.5) is 13.2 Å². The zero-order valence-corrected chi connectivity index (χ0v) is 10.5. The Morgan fingerprint density at radius 1 is 1.50 bits per heavy atom. The average Bonchev–Trinajstić information content (AvgIpc) is 2.27. The van der Waals surface area contributed by atoms with Crippen molar-refractivity contribution in [3.63, 3.8) is 0 Å². The Morgan fingerprint density at radius 3 is 2.50 bits per heavy atom. The van der Waals surface area contributed by atoms with Crippen LogP contribution in [-0.4, -0.2) is 15.4 Å². The van der Waals surface area contributed by atoms with Gasteiger partial charge in [0, 0.05) is 18.5 Å². The number of nitrogens with zero attached hydrogens (tertiary/aromatic N) is 2. The van der Waals surface area contributed by atoms with Crippen LogP contribution >= 0.6 is 0 Å². The van der Waals surface area contributed by atoms with Crippen molar-refractivity contribution in [2.45, 2.75) is 18.3 Å². The number of rotatable bonds is 2. The fraction of sp³-hybridized carbons (Fsp3) is 0.364. The molecular weight excluding hydrogens is 265 g/mol. The first-order valence-electron chi connectivity index (χ1n) is 4.87. The van der Waals surface area contributed by atoms with Gasteiger partial charge in [0.15, 0.2) is 0 Å². The lowest BCUT2D eigenvalue weighted by molar-refractivity contribution is -0.141. The van der Waals surface area contributed by atoms with Gasteiger partial charge in [-0.25, -0.2) is 4.21 Å². The number of alkyl halides is 3. The number of terminal acetylenes is 1. The molecular formula is C11H11F3N2OS. The highest BCUT2D eigenvalue weighted by atomic mass is 32.2. The van der Waals surface area contributed by atoms with Crippen molar-refractivity contribution in [3.05, 3.63) is 29.6 Å². The summed E-state index contributed by atoms with van der Waals surface area (Å²) in [5.41, 5.74) is -0.593. The van der Waals surface area contributed by atoms with E-state index in [1.165, 1.54) is 12.3 Å². The molecule has 0 aromatic carbocycles. The lowest BCUT2D eigenvalue weighted by atomic mass is 10.2. The van der Waals surface area contributed by atoms with E-state index in [1.807, 2.05) is 6.04 Å². The van der Waals surface area contributed by atoms with Crippen LogP contribution in [0.3, 0.4) is 0 Å². The van der Waals surface area contributed by atoms with Crippen LogP contribution in [0.15, 0.2) is 22.7 Å². The number of aromatic nitrogens is 1. The van der Waals surface area contributed by atoms with Crippen molar-refractivity contribution < 1.29 is 17.4 Å². The van der Waals surface area contributed by atoms with Gasteiger partial charge in [0.1, 0.15) is 5.69 Å². The van der Waals surface area contributed by atoms with E-state index < -0.39 is 26.8 Å². The topological polar surface area (TPSA) is 42.3 Å². The second-order valence-corrected chi connectivity index (χ2v) is 6.31. The van der Waals surface area contributed by atoms with E-state index in [-0.39, 0.29) is 0 Å². The van der Waals surface area contributed by atoms with Crippen molar-refractivity contribution in [2.24, 2.45) is 4.36 Å². The van der Waals surface area contributed by atoms with Crippen LogP contribution in [0.5, 0.6) is 0 Å². The van der Waals surface area contributed by atoms with Gasteiger partial charge < -0.3 is 0 Å².